The van der Waals surface area contributed by atoms with E-state index in [4.69, 9.17) is 9.57 Å². The molecule has 0 unspecified atom stereocenters. The van der Waals surface area contributed by atoms with Crippen molar-refractivity contribution in [2.75, 3.05) is 0 Å². The smallest absolute Gasteiger partial charge is 0.368 e. The SMILES string of the molecule is CC(=NOC(C)(C)C)c1ccc(OCc2c(C3CC3)cccc2-n2nnn(C)c2=O)c(C)c1. The van der Waals surface area contributed by atoms with Crippen molar-refractivity contribution in [3.05, 3.63) is 69.1 Å². The summed E-state index contributed by atoms with van der Waals surface area (Å²) in [5, 5.41) is 12.2. The Kier molecular flexibility index (Phi) is 6.10. The second-order valence-corrected chi connectivity index (χ2v) is 9.57. The van der Waals surface area contributed by atoms with Crippen molar-refractivity contribution in [2.45, 2.75) is 65.6 Å². The molecule has 0 N–H and O–H groups in total. The van der Waals surface area contributed by atoms with Crippen molar-refractivity contribution in [1.29, 1.82) is 0 Å². The molecule has 0 spiro atoms. The van der Waals surface area contributed by atoms with Gasteiger partial charge in [0.15, 0.2) is 0 Å². The van der Waals surface area contributed by atoms with Gasteiger partial charge in [-0.1, -0.05) is 17.3 Å². The van der Waals surface area contributed by atoms with Crippen LogP contribution in [-0.2, 0) is 18.5 Å². The number of aromatic nitrogens is 4. The average molecular weight is 450 g/mol. The lowest BCUT2D eigenvalue weighted by molar-refractivity contribution is 0.000954. The summed E-state index contributed by atoms with van der Waals surface area (Å²) in [4.78, 5) is 18.0. The number of hydrogen-bond donors (Lipinski definition) is 0. The van der Waals surface area contributed by atoms with Gasteiger partial charge in [0, 0.05) is 12.6 Å². The van der Waals surface area contributed by atoms with E-state index < -0.39 is 0 Å². The molecule has 1 fully saturated rings. The molecule has 3 aromatic rings. The van der Waals surface area contributed by atoms with Crippen molar-refractivity contribution >= 4 is 5.71 Å². The first-order chi connectivity index (χ1) is 15.6. The lowest BCUT2D eigenvalue weighted by Crippen LogP contribution is -2.23. The predicted octanol–water partition coefficient (Wildman–Crippen LogP) is 4.27. The van der Waals surface area contributed by atoms with Gasteiger partial charge in [-0.15, -0.1) is 0 Å². The van der Waals surface area contributed by atoms with Gasteiger partial charge in [0.1, 0.15) is 18.0 Å². The molecule has 0 radical (unpaired) electrons. The van der Waals surface area contributed by atoms with Crippen molar-refractivity contribution in [3.63, 3.8) is 0 Å². The molecular weight excluding hydrogens is 418 g/mol. The van der Waals surface area contributed by atoms with E-state index in [0.717, 1.165) is 41.0 Å². The Morgan fingerprint density at radius 3 is 2.55 bits per heavy atom. The highest BCUT2D eigenvalue weighted by Crippen LogP contribution is 2.43. The molecule has 0 aliphatic heterocycles. The molecule has 8 heteroatoms. The fourth-order valence-corrected chi connectivity index (χ4v) is 3.63. The van der Waals surface area contributed by atoms with Crippen molar-refractivity contribution in [2.24, 2.45) is 12.2 Å². The summed E-state index contributed by atoms with van der Waals surface area (Å²) < 4.78 is 8.83. The highest BCUT2D eigenvalue weighted by atomic mass is 16.6. The molecule has 2 aromatic carbocycles. The molecule has 33 heavy (non-hydrogen) atoms. The van der Waals surface area contributed by atoms with Gasteiger partial charge in [-0.05, 0) is 105 Å². The summed E-state index contributed by atoms with van der Waals surface area (Å²) in [5.41, 5.74) is 5.07. The van der Waals surface area contributed by atoms with Crippen LogP contribution in [0.15, 0.2) is 46.3 Å². The topological polar surface area (TPSA) is 83.5 Å². The van der Waals surface area contributed by atoms with E-state index in [9.17, 15) is 4.79 Å². The lowest BCUT2D eigenvalue weighted by Gasteiger charge is -2.17. The first-order valence-corrected chi connectivity index (χ1v) is 11.2. The lowest BCUT2D eigenvalue weighted by atomic mass is 10.0. The van der Waals surface area contributed by atoms with Gasteiger partial charge in [0.2, 0.25) is 0 Å². The normalized spacial score (nSPS) is 14.4. The standard InChI is InChI=1S/C25H31N5O3/c1-16-14-19(17(2)26-33-25(3,4)5)12-13-23(16)32-15-21-20(18-10-11-18)8-7-9-22(21)30-24(31)29(6)27-28-30/h7-9,12-14,18H,10-11,15H2,1-6H3. The first kappa shape index (κ1) is 22.8. The molecule has 1 aromatic heterocycles. The Morgan fingerprint density at radius 1 is 1.18 bits per heavy atom. The molecule has 174 valence electrons. The minimum atomic E-state index is -0.336. The number of rotatable bonds is 7. The van der Waals surface area contributed by atoms with Gasteiger partial charge in [0.25, 0.3) is 0 Å². The van der Waals surface area contributed by atoms with Gasteiger partial charge < -0.3 is 9.57 Å². The van der Waals surface area contributed by atoms with Gasteiger partial charge in [-0.25, -0.2) is 4.79 Å². The second-order valence-electron chi connectivity index (χ2n) is 9.57. The van der Waals surface area contributed by atoms with E-state index in [1.807, 2.05) is 65.0 Å². The van der Waals surface area contributed by atoms with Crippen LogP contribution in [0.5, 0.6) is 5.75 Å². The monoisotopic (exact) mass is 449 g/mol. The summed E-state index contributed by atoms with van der Waals surface area (Å²) in [7, 11) is 1.59. The van der Waals surface area contributed by atoms with Crippen LogP contribution in [0.1, 0.15) is 68.7 Å². The summed E-state index contributed by atoms with van der Waals surface area (Å²) in [5.74, 6) is 1.28. The van der Waals surface area contributed by atoms with Crippen molar-refractivity contribution in [3.8, 4) is 11.4 Å². The fourth-order valence-electron chi connectivity index (χ4n) is 3.63. The van der Waals surface area contributed by atoms with Gasteiger partial charge in [0.05, 0.1) is 11.4 Å². The quantitative estimate of drug-likeness (QED) is 0.397. The maximum atomic E-state index is 12.5. The van der Waals surface area contributed by atoms with Crippen molar-refractivity contribution in [1.82, 2.24) is 19.8 Å². The number of hydrogen-bond acceptors (Lipinski definition) is 6. The van der Waals surface area contributed by atoms with Gasteiger partial charge >= 0.3 is 5.69 Å². The van der Waals surface area contributed by atoms with Crippen LogP contribution >= 0.6 is 0 Å². The van der Waals surface area contributed by atoms with E-state index in [1.165, 1.54) is 14.9 Å². The summed E-state index contributed by atoms with van der Waals surface area (Å²) in [6.07, 6.45) is 2.30. The first-order valence-electron chi connectivity index (χ1n) is 11.2. The highest BCUT2D eigenvalue weighted by molar-refractivity contribution is 5.98. The van der Waals surface area contributed by atoms with Crippen LogP contribution in [0, 0.1) is 6.92 Å². The molecule has 1 heterocycles. The molecule has 1 saturated carbocycles. The molecule has 1 aliphatic carbocycles. The van der Waals surface area contributed by atoms with Crippen LogP contribution in [0.25, 0.3) is 5.69 Å². The molecule has 0 saturated heterocycles. The maximum Gasteiger partial charge on any atom is 0.368 e. The Balaban J connectivity index is 1.60. The van der Waals surface area contributed by atoms with Crippen LogP contribution < -0.4 is 10.4 Å². The van der Waals surface area contributed by atoms with Gasteiger partial charge in [-0.2, -0.15) is 9.36 Å². The van der Waals surface area contributed by atoms with E-state index in [-0.39, 0.29) is 11.3 Å². The number of nitrogens with zero attached hydrogens (tertiary/aromatic N) is 5. The van der Waals surface area contributed by atoms with Crippen LogP contribution in [0.2, 0.25) is 0 Å². The minimum Gasteiger partial charge on any atom is -0.489 e. The Hall–Kier alpha value is -3.42. The molecule has 4 rings (SSSR count). The Labute approximate surface area is 193 Å². The molecule has 1 aliphatic rings. The fraction of sp³-hybridized carbons (Fsp3) is 0.440. The third-order valence-electron chi connectivity index (χ3n) is 5.58. The van der Waals surface area contributed by atoms with Crippen molar-refractivity contribution < 1.29 is 9.57 Å². The minimum absolute atomic E-state index is 0.281. The zero-order chi connectivity index (χ0) is 23.8. The third-order valence-corrected chi connectivity index (χ3v) is 5.58. The zero-order valence-electron chi connectivity index (χ0n) is 20.1. The molecular formula is C25H31N5O3. The predicted molar refractivity (Wildman–Crippen MR) is 127 cm³/mol. The summed E-state index contributed by atoms with van der Waals surface area (Å²) >= 11 is 0. The molecule has 0 atom stereocenters. The number of tetrazole rings is 1. The Bertz CT molecular complexity index is 1250. The number of aryl methyl sites for hydroxylation is 2. The maximum absolute atomic E-state index is 12.5. The largest absolute Gasteiger partial charge is 0.489 e. The Morgan fingerprint density at radius 2 is 1.94 bits per heavy atom. The van der Waals surface area contributed by atoms with E-state index in [0.29, 0.717) is 18.2 Å². The van der Waals surface area contributed by atoms with E-state index >= 15 is 0 Å². The molecule has 0 bridgehead atoms. The summed E-state index contributed by atoms with van der Waals surface area (Å²) in [6, 6.07) is 12.0. The third kappa shape index (κ3) is 5.16. The number of oxime groups is 1. The van der Waals surface area contributed by atoms with Crippen LogP contribution in [0.3, 0.4) is 0 Å². The van der Waals surface area contributed by atoms with Gasteiger partial charge in [-0.3, -0.25) is 0 Å². The number of benzene rings is 2. The zero-order valence-corrected chi connectivity index (χ0v) is 20.1. The van der Waals surface area contributed by atoms with E-state index in [2.05, 4.69) is 21.6 Å². The highest BCUT2D eigenvalue weighted by Gasteiger charge is 2.28. The van der Waals surface area contributed by atoms with Crippen LogP contribution in [-0.4, -0.2) is 31.1 Å². The van der Waals surface area contributed by atoms with E-state index in [1.54, 1.807) is 7.05 Å². The molecule has 0 amide bonds. The average Bonchev–Trinajstić information content (AvgIpc) is 3.56. The summed E-state index contributed by atoms with van der Waals surface area (Å²) in [6.45, 7) is 10.2. The van der Waals surface area contributed by atoms with Crippen LogP contribution in [0.4, 0.5) is 0 Å². The second kappa shape index (κ2) is 8.84. The number of ether oxygens (including phenoxy) is 1. The molecule has 8 nitrogen and oxygen atoms in total.